The fourth-order valence-electron chi connectivity index (χ4n) is 2.64. The zero-order valence-electron chi connectivity index (χ0n) is 17.5. The van der Waals surface area contributed by atoms with Crippen LogP contribution >= 0.6 is 11.8 Å². The number of benzene rings is 2. The van der Waals surface area contributed by atoms with Crippen LogP contribution in [0, 0.1) is 0 Å². The summed E-state index contributed by atoms with van der Waals surface area (Å²) in [7, 11) is 0. The molecule has 0 unspecified atom stereocenters. The van der Waals surface area contributed by atoms with Crippen LogP contribution in [0.2, 0.25) is 0 Å². The predicted octanol–water partition coefficient (Wildman–Crippen LogP) is 4.97. The predicted molar refractivity (Wildman–Crippen MR) is 120 cm³/mol. The van der Waals surface area contributed by atoms with Crippen molar-refractivity contribution in [3.8, 4) is 5.75 Å². The van der Waals surface area contributed by atoms with Gasteiger partial charge in [-0.25, -0.2) is 24.6 Å². The van der Waals surface area contributed by atoms with E-state index in [2.05, 4.69) is 41.0 Å². The van der Waals surface area contributed by atoms with Gasteiger partial charge in [0.05, 0.1) is 0 Å². The zero-order valence-corrected chi connectivity index (χ0v) is 18.3. The summed E-state index contributed by atoms with van der Waals surface area (Å²) in [6, 6.07) is 15.0. The molecule has 0 atom stereocenters. The molecule has 0 radical (unpaired) electrons. The zero-order chi connectivity index (χ0) is 21.6. The van der Waals surface area contributed by atoms with Gasteiger partial charge in [-0.3, -0.25) is 0 Å². The van der Waals surface area contributed by atoms with E-state index in [1.807, 2.05) is 54.8 Å². The lowest BCUT2D eigenvalue weighted by Gasteiger charge is -2.22. The van der Waals surface area contributed by atoms with E-state index in [-0.39, 0.29) is 18.1 Å². The summed E-state index contributed by atoms with van der Waals surface area (Å²) in [6.45, 7) is 6.41. The third-order valence-corrected chi connectivity index (χ3v) is 5.13. The van der Waals surface area contributed by atoms with Crippen molar-refractivity contribution in [2.75, 3.05) is 23.2 Å². The second kappa shape index (κ2) is 9.58. The number of nitrogens with one attached hydrogen (secondary N) is 1. The molecule has 2 aromatic carbocycles. The lowest BCUT2D eigenvalue weighted by molar-refractivity contribution is 0.245. The number of amides is 2. The molecule has 0 spiro atoms. The average molecular weight is 424 g/mol. The van der Waals surface area contributed by atoms with E-state index < -0.39 is 6.03 Å². The molecule has 1 N–H and O–H groups in total. The number of carbonyl (C=O) groups is 1. The van der Waals surface area contributed by atoms with Crippen LogP contribution in [0.4, 0.5) is 16.4 Å². The molecule has 0 aliphatic heterocycles. The molecule has 30 heavy (non-hydrogen) atoms. The highest BCUT2D eigenvalue weighted by Crippen LogP contribution is 2.24. The van der Waals surface area contributed by atoms with Crippen LogP contribution in [0.5, 0.6) is 5.75 Å². The first-order chi connectivity index (χ1) is 14.4. The van der Waals surface area contributed by atoms with E-state index in [4.69, 9.17) is 4.74 Å². The van der Waals surface area contributed by atoms with Crippen LogP contribution in [0.3, 0.4) is 0 Å². The molecule has 0 saturated carbocycles. The molecule has 8 heteroatoms. The van der Waals surface area contributed by atoms with Gasteiger partial charge in [-0.2, -0.15) is 0 Å². The molecule has 3 aromatic rings. The molecule has 7 nitrogen and oxygen atoms in total. The normalized spacial score (nSPS) is 11.1. The maximum absolute atomic E-state index is 12.9. The van der Waals surface area contributed by atoms with Gasteiger partial charge in [-0.15, -0.1) is 11.8 Å². The van der Waals surface area contributed by atoms with E-state index in [0.29, 0.717) is 11.4 Å². The Morgan fingerprint density at radius 1 is 1.03 bits per heavy atom. The SMILES string of the molecule is CSc1ccc(NC(=O)N(COc2ccc(C(C)(C)C)cc2)c2ncncn2)cc1. The van der Waals surface area contributed by atoms with Gasteiger partial charge in [0.1, 0.15) is 18.4 Å². The van der Waals surface area contributed by atoms with Gasteiger partial charge in [0.25, 0.3) is 0 Å². The largest absolute Gasteiger partial charge is 0.472 e. The summed E-state index contributed by atoms with van der Waals surface area (Å²) in [5, 5.41) is 2.85. The minimum absolute atomic E-state index is 0.0480. The number of anilines is 2. The number of ether oxygens (including phenoxy) is 1. The Morgan fingerprint density at radius 2 is 1.67 bits per heavy atom. The Kier molecular flexibility index (Phi) is 6.89. The van der Waals surface area contributed by atoms with Crippen molar-refractivity contribution in [2.45, 2.75) is 31.1 Å². The topological polar surface area (TPSA) is 80.2 Å². The molecule has 0 aliphatic rings. The quantitative estimate of drug-likeness (QED) is 0.446. The fraction of sp³-hybridized carbons (Fsp3) is 0.273. The average Bonchev–Trinajstić information content (AvgIpc) is 2.75. The highest BCUT2D eigenvalue weighted by Gasteiger charge is 2.20. The Balaban J connectivity index is 1.73. The molecule has 0 fully saturated rings. The highest BCUT2D eigenvalue weighted by atomic mass is 32.2. The van der Waals surface area contributed by atoms with E-state index in [0.717, 1.165) is 4.90 Å². The summed E-state index contributed by atoms with van der Waals surface area (Å²) in [5.41, 5.74) is 1.93. The summed E-state index contributed by atoms with van der Waals surface area (Å²) >= 11 is 1.64. The molecule has 0 saturated heterocycles. The first-order valence-corrected chi connectivity index (χ1v) is 10.7. The summed E-state index contributed by atoms with van der Waals surface area (Å²) < 4.78 is 5.85. The minimum atomic E-state index is -0.399. The number of rotatable bonds is 6. The monoisotopic (exact) mass is 423 g/mol. The number of carbonyl (C=O) groups excluding carboxylic acids is 1. The number of hydrogen-bond donors (Lipinski definition) is 1. The van der Waals surface area contributed by atoms with E-state index in [1.165, 1.54) is 23.1 Å². The Morgan fingerprint density at radius 3 is 2.23 bits per heavy atom. The van der Waals surface area contributed by atoms with Crippen molar-refractivity contribution in [1.29, 1.82) is 0 Å². The molecule has 1 heterocycles. The maximum atomic E-state index is 12.9. The van der Waals surface area contributed by atoms with E-state index in [1.54, 1.807) is 11.8 Å². The third-order valence-electron chi connectivity index (χ3n) is 4.39. The van der Waals surface area contributed by atoms with Crippen LogP contribution in [0.1, 0.15) is 26.3 Å². The standard InChI is InChI=1S/C22H25N5O2S/c1-22(2,3)16-5-9-18(10-6-16)29-15-27(20-24-13-23-14-25-20)21(28)26-17-7-11-19(30-4)12-8-17/h5-14H,15H2,1-4H3,(H,26,28). The Bertz CT molecular complexity index is 958. The molecular weight excluding hydrogens is 398 g/mol. The molecule has 0 bridgehead atoms. The van der Waals surface area contributed by atoms with Gasteiger partial charge in [0.2, 0.25) is 5.95 Å². The van der Waals surface area contributed by atoms with Crippen molar-refractivity contribution < 1.29 is 9.53 Å². The van der Waals surface area contributed by atoms with Crippen molar-refractivity contribution in [2.24, 2.45) is 0 Å². The van der Waals surface area contributed by atoms with Crippen molar-refractivity contribution in [1.82, 2.24) is 15.0 Å². The van der Waals surface area contributed by atoms with Crippen molar-refractivity contribution in [3.63, 3.8) is 0 Å². The fourth-order valence-corrected chi connectivity index (χ4v) is 3.04. The van der Waals surface area contributed by atoms with Crippen LogP contribution in [0.15, 0.2) is 66.1 Å². The van der Waals surface area contributed by atoms with Crippen LogP contribution < -0.4 is 15.0 Å². The second-order valence-electron chi connectivity index (χ2n) is 7.57. The maximum Gasteiger partial charge on any atom is 0.331 e. The molecule has 156 valence electrons. The van der Waals surface area contributed by atoms with Gasteiger partial charge < -0.3 is 10.1 Å². The van der Waals surface area contributed by atoms with E-state index >= 15 is 0 Å². The molecule has 1 aromatic heterocycles. The number of thioether (sulfide) groups is 1. The molecular formula is C22H25N5O2S. The van der Waals surface area contributed by atoms with Crippen molar-refractivity contribution in [3.05, 3.63) is 66.7 Å². The van der Waals surface area contributed by atoms with E-state index in [9.17, 15) is 4.79 Å². The smallest absolute Gasteiger partial charge is 0.331 e. The highest BCUT2D eigenvalue weighted by molar-refractivity contribution is 7.98. The second-order valence-corrected chi connectivity index (χ2v) is 8.45. The van der Waals surface area contributed by atoms with Gasteiger partial charge in [-0.1, -0.05) is 32.9 Å². The van der Waals surface area contributed by atoms with Crippen LogP contribution in [-0.2, 0) is 5.41 Å². The van der Waals surface area contributed by atoms with Gasteiger partial charge in [0.15, 0.2) is 6.73 Å². The number of urea groups is 1. The van der Waals surface area contributed by atoms with Gasteiger partial charge in [0, 0.05) is 10.6 Å². The summed E-state index contributed by atoms with van der Waals surface area (Å²) in [6.07, 6.45) is 4.68. The number of hydrogen-bond acceptors (Lipinski definition) is 6. The lowest BCUT2D eigenvalue weighted by atomic mass is 9.87. The van der Waals surface area contributed by atoms with Crippen molar-refractivity contribution >= 4 is 29.4 Å². The van der Waals surface area contributed by atoms with Gasteiger partial charge in [-0.05, 0) is 53.6 Å². The first-order valence-electron chi connectivity index (χ1n) is 9.45. The first kappa shape index (κ1) is 21.6. The third kappa shape index (κ3) is 5.70. The Hall–Kier alpha value is -3.13. The van der Waals surface area contributed by atoms with Crippen LogP contribution in [-0.4, -0.2) is 34.0 Å². The Labute approximate surface area is 180 Å². The van der Waals surface area contributed by atoms with Gasteiger partial charge >= 0.3 is 6.03 Å². The minimum Gasteiger partial charge on any atom is -0.472 e. The summed E-state index contributed by atoms with van der Waals surface area (Å²) in [5.74, 6) is 0.855. The molecule has 2 amide bonds. The molecule has 3 rings (SSSR count). The van der Waals surface area contributed by atoms with Crippen LogP contribution in [0.25, 0.3) is 0 Å². The summed E-state index contributed by atoms with van der Waals surface area (Å²) in [4.78, 5) is 27.3. The molecule has 0 aliphatic carbocycles. The number of aromatic nitrogens is 3. The lowest BCUT2D eigenvalue weighted by Crippen LogP contribution is -2.39. The number of nitrogens with zero attached hydrogens (tertiary/aromatic N) is 4.